The molecular formula is C20H24N2O5S. The van der Waals surface area contributed by atoms with Crippen molar-refractivity contribution in [3.05, 3.63) is 47.0 Å². The maximum atomic E-state index is 12.9. The minimum atomic E-state index is -3.64. The molecule has 1 fully saturated rings. The molecule has 1 aliphatic carbocycles. The molecule has 1 aliphatic rings. The number of amides is 1. The van der Waals surface area contributed by atoms with Gasteiger partial charge in [-0.1, -0.05) is 6.07 Å². The highest BCUT2D eigenvalue weighted by molar-refractivity contribution is 7.89. The molecule has 0 spiro atoms. The van der Waals surface area contributed by atoms with Gasteiger partial charge in [0, 0.05) is 23.4 Å². The van der Waals surface area contributed by atoms with Crippen LogP contribution in [0.1, 0.15) is 34.3 Å². The molecular weight excluding hydrogens is 380 g/mol. The number of anilines is 1. The van der Waals surface area contributed by atoms with E-state index < -0.39 is 15.9 Å². The smallest absolute Gasteiger partial charge is 0.255 e. The second kappa shape index (κ2) is 7.81. The molecule has 150 valence electrons. The minimum Gasteiger partial charge on any atom is -0.493 e. The molecule has 3 rings (SSSR count). The molecule has 8 heteroatoms. The third kappa shape index (κ3) is 4.28. The molecule has 0 aliphatic heterocycles. The highest BCUT2D eigenvalue weighted by atomic mass is 32.2. The molecule has 0 bridgehead atoms. The zero-order valence-electron chi connectivity index (χ0n) is 16.3. The van der Waals surface area contributed by atoms with Gasteiger partial charge in [-0.05, 0) is 56.0 Å². The summed E-state index contributed by atoms with van der Waals surface area (Å²) < 4.78 is 38.1. The highest BCUT2D eigenvalue weighted by Crippen LogP contribution is 2.33. The normalized spacial score (nSPS) is 13.9. The summed E-state index contributed by atoms with van der Waals surface area (Å²) in [5.74, 6) is 0.662. The summed E-state index contributed by atoms with van der Waals surface area (Å²) in [6, 6.07) is 8.00. The molecule has 0 atom stereocenters. The summed E-state index contributed by atoms with van der Waals surface area (Å²) in [4.78, 5) is 12.9. The van der Waals surface area contributed by atoms with E-state index in [0.29, 0.717) is 28.3 Å². The molecule has 1 saturated carbocycles. The predicted molar refractivity (Wildman–Crippen MR) is 107 cm³/mol. The minimum absolute atomic E-state index is 0.00186. The first kappa shape index (κ1) is 20.2. The van der Waals surface area contributed by atoms with Crippen molar-refractivity contribution in [2.75, 3.05) is 19.5 Å². The van der Waals surface area contributed by atoms with Gasteiger partial charge < -0.3 is 14.8 Å². The third-order valence-corrected chi connectivity index (χ3v) is 6.16. The molecule has 28 heavy (non-hydrogen) atoms. The van der Waals surface area contributed by atoms with Gasteiger partial charge in [0.05, 0.1) is 19.1 Å². The van der Waals surface area contributed by atoms with Gasteiger partial charge in [-0.2, -0.15) is 0 Å². The molecule has 2 aromatic rings. The number of methoxy groups -OCH3 is 2. The van der Waals surface area contributed by atoms with E-state index in [1.54, 1.807) is 32.2 Å². The van der Waals surface area contributed by atoms with Gasteiger partial charge in [0.25, 0.3) is 5.91 Å². The summed E-state index contributed by atoms with van der Waals surface area (Å²) in [7, 11) is -0.577. The lowest BCUT2D eigenvalue weighted by molar-refractivity contribution is 0.102. The average Bonchev–Trinajstić information content (AvgIpc) is 3.46. The summed E-state index contributed by atoms with van der Waals surface area (Å²) in [6.07, 6.45) is 1.69. The van der Waals surface area contributed by atoms with Crippen molar-refractivity contribution in [2.24, 2.45) is 0 Å². The monoisotopic (exact) mass is 404 g/mol. The lowest BCUT2D eigenvalue weighted by Gasteiger charge is -2.15. The molecule has 0 saturated heterocycles. The van der Waals surface area contributed by atoms with Gasteiger partial charge in [-0.15, -0.1) is 0 Å². The number of hydrogen-bond acceptors (Lipinski definition) is 5. The van der Waals surface area contributed by atoms with E-state index in [1.807, 2.05) is 6.92 Å². The van der Waals surface area contributed by atoms with E-state index in [-0.39, 0.29) is 10.9 Å². The Morgan fingerprint density at radius 3 is 2.25 bits per heavy atom. The Morgan fingerprint density at radius 2 is 1.64 bits per heavy atom. The van der Waals surface area contributed by atoms with Crippen molar-refractivity contribution >= 4 is 21.6 Å². The average molecular weight is 404 g/mol. The first-order chi connectivity index (χ1) is 13.2. The van der Waals surface area contributed by atoms with E-state index in [0.717, 1.165) is 18.4 Å². The van der Waals surface area contributed by atoms with Crippen LogP contribution in [-0.4, -0.2) is 34.6 Å². The van der Waals surface area contributed by atoms with Crippen LogP contribution in [-0.2, 0) is 10.0 Å². The second-order valence-electron chi connectivity index (χ2n) is 6.85. The second-order valence-corrected chi connectivity index (χ2v) is 8.56. The van der Waals surface area contributed by atoms with Crippen molar-refractivity contribution in [1.82, 2.24) is 4.72 Å². The Bertz CT molecular complexity index is 1010. The maximum Gasteiger partial charge on any atom is 0.255 e. The highest BCUT2D eigenvalue weighted by Gasteiger charge is 2.28. The van der Waals surface area contributed by atoms with Gasteiger partial charge in [-0.25, -0.2) is 13.1 Å². The fourth-order valence-electron chi connectivity index (χ4n) is 2.81. The number of benzene rings is 2. The maximum absolute atomic E-state index is 12.9. The lowest BCUT2D eigenvalue weighted by atomic mass is 10.1. The quantitative estimate of drug-likeness (QED) is 0.740. The van der Waals surface area contributed by atoms with Crippen LogP contribution >= 0.6 is 0 Å². The Balaban J connectivity index is 1.89. The van der Waals surface area contributed by atoms with Crippen LogP contribution in [0.3, 0.4) is 0 Å². The molecule has 2 N–H and O–H groups in total. The topological polar surface area (TPSA) is 93.7 Å². The zero-order chi connectivity index (χ0) is 20.5. The number of carbonyl (C=O) groups excluding carboxylic acids is 1. The number of hydrogen-bond donors (Lipinski definition) is 2. The standard InChI is InChI=1S/C20H24N2O5S/c1-12-5-8-15(28(24,25)22-14-6-7-14)10-16(12)20(23)21-17-11-19(27-4)18(26-3)9-13(17)2/h5,8-11,14,22H,6-7H2,1-4H3,(H,21,23). The van der Waals surface area contributed by atoms with Gasteiger partial charge >= 0.3 is 0 Å². The van der Waals surface area contributed by atoms with E-state index >= 15 is 0 Å². The van der Waals surface area contributed by atoms with Gasteiger partial charge in [0.15, 0.2) is 11.5 Å². The summed E-state index contributed by atoms with van der Waals surface area (Å²) in [5.41, 5.74) is 2.34. The number of sulfonamides is 1. The fraction of sp³-hybridized carbons (Fsp3) is 0.350. The number of rotatable bonds is 7. The van der Waals surface area contributed by atoms with Gasteiger partial charge in [-0.3, -0.25) is 4.79 Å². The van der Waals surface area contributed by atoms with E-state index in [9.17, 15) is 13.2 Å². The molecule has 0 heterocycles. The van der Waals surface area contributed by atoms with E-state index in [2.05, 4.69) is 10.0 Å². The summed E-state index contributed by atoms with van der Waals surface area (Å²) >= 11 is 0. The Morgan fingerprint density at radius 1 is 1.00 bits per heavy atom. The molecule has 1 amide bonds. The van der Waals surface area contributed by atoms with Crippen LogP contribution in [0.2, 0.25) is 0 Å². The van der Waals surface area contributed by atoms with Crippen LogP contribution < -0.4 is 19.5 Å². The number of aryl methyl sites for hydroxylation is 2. The lowest BCUT2D eigenvalue weighted by Crippen LogP contribution is -2.26. The van der Waals surface area contributed by atoms with Crippen LogP contribution in [0.25, 0.3) is 0 Å². The molecule has 2 aromatic carbocycles. The Kier molecular flexibility index (Phi) is 5.62. The van der Waals surface area contributed by atoms with Crippen LogP contribution in [0.4, 0.5) is 5.69 Å². The third-order valence-electron chi connectivity index (χ3n) is 4.64. The number of carbonyl (C=O) groups is 1. The van der Waals surface area contributed by atoms with Crippen molar-refractivity contribution in [1.29, 1.82) is 0 Å². The van der Waals surface area contributed by atoms with Gasteiger partial charge in [0.1, 0.15) is 0 Å². The SMILES string of the molecule is COc1cc(C)c(NC(=O)c2cc(S(=O)(=O)NC3CC3)ccc2C)cc1OC. The predicted octanol–water partition coefficient (Wildman–Crippen LogP) is 3.01. The molecule has 0 unspecified atom stereocenters. The van der Waals surface area contributed by atoms with Gasteiger partial charge in [0.2, 0.25) is 10.0 Å². The number of ether oxygens (including phenoxy) is 2. The summed E-state index contributed by atoms with van der Waals surface area (Å²) in [5, 5.41) is 2.84. The first-order valence-electron chi connectivity index (χ1n) is 8.92. The van der Waals surface area contributed by atoms with E-state index in [1.165, 1.54) is 19.2 Å². The van der Waals surface area contributed by atoms with Crippen LogP contribution in [0, 0.1) is 13.8 Å². The van der Waals surface area contributed by atoms with Crippen molar-refractivity contribution in [2.45, 2.75) is 37.6 Å². The molecule has 7 nitrogen and oxygen atoms in total. The van der Waals surface area contributed by atoms with Crippen LogP contribution in [0.5, 0.6) is 11.5 Å². The van der Waals surface area contributed by atoms with Crippen LogP contribution in [0.15, 0.2) is 35.2 Å². The largest absolute Gasteiger partial charge is 0.493 e. The summed E-state index contributed by atoms with van der Waals surface area (Å²) in [6.45, 7) is 3.60. The molecule has 0 aromatic heterocycles. The fourth-order valence-corrected chi connectivity index (χ4v) is 4.14. The number of nitrogens with one attached hydrogen (secondary N) is 2. The van der Waals surface area contributed by atoms with E-state index in [4.69, 9.17) is 9.47 Å². The zero-order valence-corrected chi connectivity index (χ0v) is 17.1. The van der Waals surface area contributed by atoms with Crippen molar-refractivity contribution in [3.8, 4) is 11.5 Å². The Labute approximate surface area is 165 Å². The molecule has 0 radical (unpaired) electrons. The van der Waals surface area contributed by atoms with Crippen molar-refractivity contribution in [3.63, 3.8) is 0 Å². The van der Waals surface area contributed by atoms with Crippen molar-refractivity contribution < 1.29 is 22.7 Å². The first-order valence-corrected chi connectivity index (χ1v) is 10.4. The Hall–Kier alpha value is -2.58.